The van der Waals surface area contributed by atoms with E-state index in [1.807, 2.05) is 0 Å². The number of thioether (sulfide) groups is 1. The summed E-state index contributed by atoms with van der Waals surface area (Å²) in [6, 6.07) is 11.4. The summed E-state index contributed by atoms with van der Waals surface area (Å²) in [5.41, 5.74) is 15.4. The molecular weight excluding hydrogens is 636 g/mol. The number of carboxylic acid groups (broad SMARTS) is 2. The van der Waals surface area contributed by atoms with Crippen molar-refractivity contribution >= 4 is 53.1 Å². The molecule has 0 aliphatic carbocycles. The van der Waals surface area contributed by atoms with Crippen LogP contribution in [0.4, 0.5) is 0 Å². The molecule has 17 nitrogen and oxygen atoms in total. The molecule has 0 saturated heterocycles. The minimum Gasteiger partial charge on any atom is -0.480 e. The average molecular weight is 671 g/mol. The third-order valence-corrected chi connectivity index (χ3v) is 7.35. The molecule has 0 radical (unpaired) electrons. The number of benzene rings is 2. The van der Waals surface area contributed by atoms with Crippen molar-refractivity contribution in [2.45, 2.75) is 37.4 Å². The van der Waals surface area contributed by atoms with E-state index in [4.69, 9.17) is 21.5 Å². The number of carbonyl (C=O) groups is 7. The zero-order chi connectivity index (χ0) is 34.8. The third-order valence-electron chi connectivity index (χ3n) is 6.31. The van der Waals surface area contributed by atoms with Gasteiger partial charge in [0, 0.05) is 34.6 Å². The fourth-order valence-electron chi connectivity index (χ4n) is 3.91. The van der Waals surface area contributed by atoms with Gasteiger partial charge < -0.3 is 37.2 Å². The van der Waals surface area contributed by atoms with Crippen LogP contribution in [0.3, 0.4) is 0 Å². The van der Waals surface area contributed by atoms with Crippen LogP contribution in [-0.4, -0.2) is 94.4 Å². The standard InChI is InChI=1S/C29H34N8O9S/c30-20(29(45)46)10-11-23(38)36-22(28(44)32-13-25(40)41)14-47-15-24(39)35-21(27(43)33-16-34-37-31)12-17-6-8-19(9-7-17)26(42)18-4-2-1-3-5-18/h1-9,20-22H,10-16,30H2,(H,32,44)(H,33,43)(H,35,39)(H,36,38)(H,40,41)(H,45,46). The van der Waals surface area contributed by atoms with Gasteiger partial charge in [-0.15, -0.1) is 11.8 Å². The highest BCUT2D eigenvalue weighted by Crippen LogP contribution is 2.13. The van der Waals surface area contributed by atoms with Gasteiger partial charge in [-0.25, -0.2) is 0 Å². The number of azide groups is 1. The minimum atomic E-state index is -1.33. The predicted octanol–water partition coefficient (Wildman–Crippen LogP) is -0.0602. The van der Waals surface area contributed by atoms with Gasteiger partial charge in [0.2, 0.25) is 23.6 Å². The van der Waals surface area contributed by atoms with Crippen LogP contribution < -0.4 is 27.0 Å². The van der Waals surface area contributed by atoms with Gasteiger partial charge in [-0.1, -0.05) is 59.7 Å². The van der Waals surface area contributed by atoms with Crippen molar-refractivity contribution in [3.8, 4) is 0 Å². The van der Waals surface area contributed by atoms with Crippen LogP contribution >= 0.6 is 11.8 Å². The maximum atomic E-state index is 12.8. The molecule has 8 N–H and O–H groups in total. The first-order valence-electron chi connectivity index (χ1n) is 14.0. The van der Waals surface area contributed by atoms with Crippen molar-refractivity contribution in [2.24, 2.45) is 10.8 Å². The Hall–Kier alpha value is -5.45. The predicted molar refractivity (Wildman–Crippen MR) is 169 cm³/mol. The van der Waals surface area contributed by atoms with Gasteiger partial charge in [0.25, 0.3) is 0 Å². The van der Waals surface area contributed by atoms with Crippen LogP contribution in [0.25, 0.3) is 10.4 Å². The highest BCUT2D eigenvalue weighted by molar-refractivity contribution is 8.00. The number of rotatable bonds is 20. The largest absolute Gasteiger partial charge is 0.480 e. The Morgan fingerprint density at radius 2 is 1.47 bits per heavy atom. The SMILES string of the molecule is [N-]=[N+]=NCNC(=O)C(Cc1ccc(C(=O)c2ccccc2)cc1)NC(=O)CSCC(NC(=O)CCC(N)C(=O)O)C(=O)NCC(=O)O. The Bertz CT molecular complexity index is 1480. The van der Waals surface area contributed by atoms with Crippen molar-refractivity contribution in [3.63, 3.8) is 0 Å². The summed E-state index contributed by atoms with van der Waals surface area (Å²) in [5.74, 6) is -6.14. The number of amides is 4. The van der Waals surface area contributed by atoms with Crippen LogP contribution in [0, 0.1) is 0 Å². The Labute approximate surface area is 272 Å². The number of ketones is 1. The molecule has 0 bridgehead atoms. The first kappa shape index (κ1) is 37.7. The number of carbonyl (C=O) groups excluding carboxylic acids is 5. The summed E-state index contributed by atoms with van der Waals surface area (Å²) >= 11 is 0.898. The van der Waals surface area contributed by atoms with Gasteiger partial charge in [-0.2, -0.15) is 0 Å². The lowest BCUT2D eigenvalue weighted by Crippen LogP contribution is -2.50. The second kappa shape index (κ2) is 19.8. The first-order valence-corrected chi connectivity index (χ1v) is 15.2. The molecule has 4 amide bonds. The van der Waals surface area contributed by atoms with Crippen LogP contribution in [-0.2, 0) is 35.2 Å². The normalized spacial score (nSPS) is 12.3. The van der Waals surface area contributed by atoms with E-state index in [1.54, 1.807) is 54.6 Å². The van der Waals surface area contributed by atoms with Crippen molar-refractivity contribution in [1.29, 1.82) is 0 Å². The van der Waals surface area contributed by atoms with Crippen LogP contribution in [0.2, 0.25) is 0 Å². The Morgan fingerprint density at radius 3 is 2.09 bits per heavy atom. The molecule has 250 valence electrons. The van der Waals surface area contributed by atoms with Gasteiger partial charge in [0.15, 0.2) is 5.78 Å². The molecule has 2 rings (SSSR count). The van der Waals surface area contributed by atoms with E-state index >= 15 is 0 Å². The summed E-state index contributed by atoms with van der Waals surface area (Å²) in [6.07, 6.45) is -0.530. The van der Waals surface area contributed by atoms with Crippen LogP contribution in [0.15, 0.2) is 59.7 Å². The molecule has 2 aromatic rings. The zero-order valence-electron chi connectivity index (χ0n) is 25.0. The maximum Gasteiger partial charge on any atom is 0.322 e. The highest BCUT2D eigenvalue weighted by atomic mass is 32.2. The van der Waals surface area contributed by atoms with Gasteiger partial charge >= 0.3 is 11.9 Å². The maximum absolute atomic E-state index is 12.8. The first-order chi connectivity index (χ1) is 22.4. The van der Waals surface area contributed by atoms with E-state index in [9.17, 15) is 33.6 Å². The molecule has 0 aromatic heterocycles. The molecule has 3 atom stereocenters. The molecule has 18 heteroatoms. The molecule has 0 heterocycles. The number of nitrogens with zero attached hydrogens (tertiary/aromatic N) is 3. The van der Waals surface area contributed by atoms with E-state index in [0.29, 0.717) is 16.7 Å². The Morgan fingerprint density at radius 1 is 0.851 bits per heavy atom. The second-order valence-electron chi connectivity index (χ2n) is 9.88. The molecular formula is C29H34N8O9S. The molecule has 0 aliphatic rings. The highest BCUT2D eigenvalue weighted by Gasteiger charge is 2.25. The molecule has 47 heavy (non-hydrogen) atoms. The van der Waals surface area contributed by atoms with E-state index in [2.05, 4.69) is 31.3 Å². The lowest BCUT2D eigenvalue weighted by Gasteiger charge is -2.20. The molecule has 0 spiro atoms. The number of nitrogens with one attached hydrogen (secondary N) is 4. The van der Waals surface area contributed by atoms with Crippen molar-refractivity contribution < 1.29 is 43.8 Å². The summed E-state index contributed by atoms with van der Waals surface area (Å²) < 4.78 is 0. The van der Waals surface area contributed by atoms with Gasteiger partial charge in [0.05, 0.1) is 12.4 Å². The summed E-state index contributed by atoms with van der Waals surface area (Å²) in [4.78, 5) is 87.5. The van der Waals surface area contributed by atoms with Crippen molar-refractivity contribution in [3.05, 3.63) is 81.7 Å². The monoisotopic (exact) mass is 670 g/mol. The summed E-state index contributed by atoms with van der Waals surface area (Å²) in [5, 5.41) is 30.5. The smallest absolute Gasteiger partial charge is 0.322 e. The number of hydrogen-bond donors (Lipinski definition) is 7. The Balaban J connectivity index is 2.05. The van der Waals surface area contributed by atoms with Crippen molar-refractivity contribution in [2.75, 3.05) is 24.7 Å². The van der Waals surface area contributed by atoms with E-state index in [0.717, 1.165) is 11.8 Å². The fraction of sp³-hybridized carbons (Fsp3) is 0.345. The number of hydrogen-bond acceptors (Lipinski definition) is 10. The molecule has 0 saturated carbocycles. The lowest BCUT2D eigenvalue weighted by molar-refractivity contribution is -0.139. The minimum absolute atomic E-state index is 0.00702. The van der Waals surface area contributed by atoms with Crippen LogP contribution in [0.1, 0.15) is 34.3 Å². The van der Waals surface area contributed by atoms with Crippen molar-refractivity contribution in [1.82, 2.24) is 21.3 Å². The molecule has 0 aliphatic heterocycles. The average Bonchev–Trinajstić information content (AvgIpc) is 3.05. The third kappa shape index (κ3) is 14.0. The second-order valence-corrected chi connectivity index (χ2v) is 10.9. The van der Waals surface area contributed by atoms with Crippen LogP contribution in [0.5, 0.6) is 0 Å². The van der Waals surface area contributed by atoms with Gasteiger partial charge in [-0.05, 0) is 17.5 Å². The summed E-state index contributed by atoms with van der Waals surface area (Å²) in [6.45, 7) is -1.10. The number of aliphatic carboxylic acids is 2. The van der Waals surface area contributed by atoms with Gasteiger partial charge in [0.1, 0.15) is 24.7 Å². The number of nitrogens with two attached hydrogens (primary N) is 1. The van der Waals surface area contributed by atoms with E-state index in [1.165, 1.54) is 0 Å². The Kier molecular flexibility index (Phi) is 15.9. The molecule has 2 aromatic carbocycles. The van der Waals surface area contributed by atoms with E-state index < -0.39 is 60.2 Å². The van der Waals surface area contributed by atoms with Gasteiger partial charge in [-0.3, -0.25) is 33.6 Å². The molecule has 0 fully saturated rings. The fourth-order valence-corrected chi connectivity index (χ4v) is 4.77. The van der Waals surface area contributed by atoms with E-state index in [-0.39, 0.29) is 43.2 Å². The number of carboxylic acids is 2. The summed E-state index contributed by atoms with van der Waals surface area (Å²) in [7, 11) is 0. The quantitative estimate of drug-likeness (QED) is 0.0424. The molecule has 3 unspecified atom stereocenters. The lowest BCUT2D eigenvalue weighted by atomic mass is 9.99. The zero-order valence-corrected chi connectivity index (χ0v) is 25.8. The topological polar surface area (TPSA) is 283 Å².